The maximum Gasteiger partial charge on any atom is 0.221 e. The van der Waals surface area contributed by atoms with Gasteiger partial charge in [-0.3, -0.25) is 0 Å². The van der Waals surface area contributed by atoms with Crippen LogP contribution in [-0.4, -0.2) is 42.0 Å². The lowest BCUT2D eigenvalue weighted by molar-refractivity contribution is 0.153. The number of ether oxygens (including phenoxy) is 2. The van der Waals surface area contributed by atoms with E-state index in [0.717, 1.165) is 25.9 Å². The first-order valence-electron chi connectivity index (χ1n) is 6.25. The van der Waals surface area contributed by atoms with Gasteiger partial charge >= 0.3 is 0 Å². The van der Waals surface area contributed by atoms with E-state index in [4.69, 9.17) is 9.47 Å². The molecule has 0 aliphatic carbocycles. The van der Waals surface area contributed by atoms with Gasteiger partial charge in [0.05, 0.1) is 12.7 Å². The molecule has 1 saturated heterocycles. The smallest absolute Gasteiger partial charge is 0.221 e. The summed E-state index contributed by atoms with van der Waals surface area (Å²) in [7, 11) is 0. The van der Waals surface area contributed by atoms with Crippen molar-refractivity contribution in [3.63, 3.8) is 0 Å². The zero-order valence-corrected chi connectivity index (χ0v) is 12.9. The number of piperidine rings is 1. The molecule has 0 amide bonds. The molecule has 2 heterocycles. The minimum Gasteiger partial charge on any atom is -0.478 e. The van der Waals surface area contributed by atoms with E-state index >= 15 is 0 Å². The molecule has 2 rings (SSSR count). The number of halogens is 1. The molecule has 7 heteroatoms. The van der Waals surface area contributed by atoms with Crippen LogP contribution in [0.15, 0.2) is 11.2 Å². The Labute approximate surface area is 124 Å². The number of thioether (sulfide) groups is 1. The highest BCUT2D eigenvalue weighted by molar-refractivity contribution is 7.98. The number of aromatic nitrogens is 2. The van der Waals surface area contributed by atoms with Crippen LogP contribution in [0.5, 0.6) is 11.8 Å². The van der Waals surface area contributed by atoms with Gasteiger partial charge in [-0.15, -0.1) is 12.4 Å². The summed E-state index contributed by atoms with van der Waals surface area (Å²) >= 11 is 1.49. The third-order valence-corrected chi connectivity index (χ3v) is 3.25. The van der Waals surface area contributed by atoms with Crippen molar-refractivity contribution in [2.45, 2.75) is 31.0 Å². The molecule has 0 spiro atoms. The van der Waals surface area contributed by atoms with Crippen molar-refractivity contribution in [1.82, 2.24) is 15.3 Å². The van der Waals surface area contributed by atoms with Gasteiger partial charge in [0.15, 0.2) is 5.16 Å². The van der Waals surface area contributed by atoms with E-state index in [-0.39, 0.29) is 18.5 Å². The Bertz CT molecular complexity index is 389. The molecule has 0 unspecified atom stereocenters. The second-order valence-electron chi connectivity index (χ2n) is 4.03. The fourth-order valence-corrected chi connectivity index (χ4v) is 2.20. The van der Waals surface area contributed by atoms with Gasteiger partial charge in [-0.25, -0.2) is 0 Å². The lowest BCUT2D eigenvalue weighted by Gasteiger charge is -2.23. The first-order valence-corrected chi connectivity index (χ1v) is 7.47. The van der Waals surface area contributed by atoms with Crippen LogP contribution in [0, 0.1) is 0 Å². The molecule has 1 aliphatic heterocycles. The van der Waals surface area contributed by atoms with Crippen LogP contribution in [0.2, 0.25) is 0 Å². The van der Waals surface area contributed by atoms with Crippen molar-refractivity contribution < 1.29 is 9.47 Å². The number of nitrogens with zero attached hydrogens (tertiary/aromatic N) is 2. The van der Waals surface area contributed by atoms with Crippen LogP contribution < -0.4 is 14.8 Å². The third kappa shape index (κ3) is 5.04. The van der Waals surface area contributed by atoms with Gasteiger partial charge in [-0.05, 0) is 39.1 Å². The topological polar surface area (TPSA) is 56.3 Å². The Morgan fingerprint density at radius 2 is 2.00 bits per heavy atom. The van der Waals surface area contributed by atoms with Crippen molar-refractivity contribution >= 4 is 24.2 Å². The lowest BCUT2D eigenvalue weighted by atomic mass is 10.1. The van der Waals surface area contributed by atoms with Gasteiger partial charge in [0.25, 0.3) is 0 Å². The Kier molecular flexibility index (Phi) is 7.27. The van der Waals surface area contributed by atoms with Crippen molar-refractivity contribution in [1.29, 1.82) is 0 Å². The predicted molar refractivity (Wildman–Crippen MR) is 78.7 cm³/mol. The summed E-state index contributed by atoms with van der Waals surface area (Å²) < 4.78 is 11.3. The molecular formula is C12H20ClN3O2S. The summed E-state index contributed by atoms with van der Waals surface area (Å²) in [6, 6.07) is 1.77. The molecular weight excluding hydrogens is 286 g/mol. The molecule has 0 atom stereocenters. The number of nitrogens with one attached hydrogen (secondary N) is 1. The first kappa shape index (κ1) is 16.3. The van der Waals surface area contributed by atoms with Gasteiger partial charge in [0, 0.05) is 0 Å². The van der Waals surface area contributed by atoms with E-state index < -0.39 is 0 Å². The normalized spacial score (nSPS) is 15.7. The Hall–Kier alpha value is -0.720. The van der Waals surface area contributed by atoms with Crippen LogP contribution >= 0.6 is 24.2 Å². The van der Waals surface area contributed by atoms with E-state index in [1.54, 1.807) is 6.07 Å². The second-order valence-corrected chi connectivity index (χ2v) is 4.80. The quantitative estimate of drug-likeness (QED) is 0.664. The maximum absolute atomic E-state index is 5.90. The average molecular weight is 306 g/mol. The summed E-state index contributed by atoms with van der Waals surface area (Å²) in [5.74, 6) is 1.20. The third-order valence-electron chi connectivity index (χ3n) is 2.71. The summed E-state index contributed by atoms with van der Waals surface area (Å²) in [5, 5.41) is 4.00. The highest BCUT2D eigenvalue weighted by Crippen LogP contribution is 2.22. The molecule has 1 fully saturated rings. The van der Waals surface area contributed by atoms with Crippen molar-refractivity contribution in [3.8, 4) is 11.8 Å². The van der Waals surface area contributed by atoms with Crippen molar-refractivity contribution in [3.05, 3.63) is 6.07 Å². The number of hydrogen-bond donors (Lipinski definition) is 1. The molecule has 1 aliphatic rings. The van der Waals surface area contributed by atoms with Gasteiger partial charge < -0.3 is 14.8 Å². The Morgan fingerprint density at radius 1 is 1.32 bits per heavy atom. The predicted octanol–water partition coefficient (Wildman–Crippen LogP) is 2.15. The second kappa shape index (κ2) is 8.45. The van der Waals surface area contributed by atoms with Crippen molar-refractivity contribution in [2.24, 2.45) is 0 Å². The Morgan fingerprint density at radius 3 is 2.63 bits per heavy atom. The highest BCUT2D eigenvalue weighted by atomic mass is 35.5. The van der Waals surface area contributed by atoms with Crippen LogP contribution in [0.4, 0.5) is 0 Å². The molecule has 0 aromatic carbocycles. The van der Waals surface area contributed by atoms with E-state index in [1.165, 1.54) is 11.8 Å². The molecule has 0 saturated carbocycles. The van der Waals surface area contributed by atoms with E-state index in [1.807, 2.05) is 13.2 Å². The highest BCUT2D eigenvalue weighted by Gasteiger charge is 2.16. The summed E-state index contributed by atoms with van der Waals surface area (Å²) in [4.78, 5) is 8.63. The van der Waals surface area contributed by atoms with Gasteiger partial charge in [-0.2, -0.15) is 9.97 Å². The summed E-state index contributed by atoms with van der Waals surface area (Å²) in [5.41, 5.74) is 0. The van der Waals surface area contributed by atoms with E-state index in [0.29, 0.717) is 23.5 Å². The average Bonchev–Trinajstić information content (AvgIpc) is 2.40. The number of hydrogen-bond acceptors (Lipinski definition) is 6. The zero-order valence-electron chi connectivity index (χ0n) is 11.2. The Balaban J connectivity index is 0.00000180. The van der Waals surface area contributed by atoms with Crippen LogP contribution in [0.3, 0.4) is 0 Å². The van der Waals surface area contributed by atoms with Crippen LogP contribution in [0.1, 0.15) is 19.8 Å². The first-order chi connectivity index (χ1) is 8.81. The molecule has 0 bridgehead atoms. The van der Waals surface area contributed by atoms with E-state index in [2.05, 4.69) is 15.3 Å². The van der Waals surface area contributed by atoms with Gasteiger partial charge in [0.2, 0.25) is 11.8 Å². The van der Waals surface area contributed by atoms with Crippen LogP contribution in [-0.2, 0) is 0 Å². The molecule has 108 valence electrons. The zero-order chi connectivity index (χ0) is 12.8. The van der Waals surface area contributed by atoms with Gasteiger partial charge in [-0.1, -0.05) is 11.8 Å². The molecule has 0 radical (unpaired) electrons. The van der Waals surface area contributed by atoms with E-state index in [9.17, 15) is 0 Å². The molecule has 1 aromatic heterocycles. The molecule has 1 aromatic rings. The largest absolute Gasteiger partial charge is 0.478 e. The minimum absolute atomic E-state index is 0. The molecule has 19 heavy (non-hydrogen) atoms. The molecule has 5 nitrogen and oxygen atoms in total. The monoisotopic (exact) mass is 305 g/mol. The fourth-order valence-electron chi connectivity index (χ4n) is 1.84. The van der Waals surface area contributed by atoms with Gasteiger partial charge in [0.1, 0.15) is 6.10 Å². The summed E-state index contributed by atoms with van der Waals surface area (Å²) in [6.45, 7) is 4.54. The van der Waals surface area contributed by atoms with Crippen molar-refractivity contribution in [2.75, 3.05) is 26.0 Å². The SMILES string of the molecule is CCOc1cc(OC2CCNCC2)nc(SC)n1.Cl. The standard InChI is InChI=1S/C12H19N3O2S.ClH/c1-3-16-10-8-11(15-12(14-10)18-2)17-9-4-6-13-7-5-9;/h8-9,13H,3-7H2,1-2H3;1H. The maximum atomic E-state index is 5.90. The number of rotatable bonds is 5. The minimum atomic E-state index is 0. The fraction of sp³-hybridized carbons (Fsp3) is 0.667. The van der Waals surface area contributed by atoms with Crippen LogP contribution in [0.25, 0.3) is 0 Å². The molecule has 1 N–H and O–H groups in total. The summed E-state index contributed by atoms with van der Waals surface area (Å²) in [6.07, 6.45) is 4.22. The lowest BCUT2D eigenvalue weighted by Crippen LogP contribution is -2.34.